The standard InChI is InChI=1S/C19H21ClN4O/c1-22-16-7-6-14(20)12-15(16)21-19(22)13-23-8-10-24(11-9-23)17-4-2-3-5-18(17)25/h2-7,12,25H,8-11,13H2,1H3. The van der Waals surface area contributed by atoms with Gasteiger partial charge in [0.25, 0.3) is 0 Å². The Balaban J connectivity index is 1.45. The molecule has 0 bridgehead atoms. The van der Waals surface area contributed by atoms with Gasteiger partial charge >= 0.3 is 0 Å². The molecule has 1 N–H and O–H groups in total. The Kier molecular flexibility index (Phi) is 4.27. The van der Waals surface area contributed by atoms with Crippen LogP contribution < -0.4 is 4.90 Å². The fraction of sp³-hybridized carbons (Fsp3) is 0.316. The van der Waals surface area contributed by atoms with Crippen LogP contribution >= 0.6 is 11.6 Å². The Bertz CT molecular complexity index is 900. The van der Waals surface area contributed by atoms with Crippen LogP contribution in [-0.4, -0.2) is 45.7 Å². The number of hydrogen-bond donors (Lipinski definition) is 1. The molecule has 25 heavy (non-hydrogen) atoms. The highest BCUT2D eigenvalue weighted by Crippen LogP contribution is 2.27. The fourth-order valence-corrected chi connectivity index (χ4v) is 3.61. The van der Waals surface area contributed by atoms with E-state index in [0.29, 0.717) is 10.8 Å². The van der Waals surface area contributed by atoms with Gasteiger partial charge in [0.05, 0.1) is 23.3 Å². The number of nitrogens with zero attached hydrogens (tertiary/aromatic N) is 4. The SMILES string of the molecule is Cn1c(CN2CCN(c3ccccc3O)CC2)nc2cc(Cl)ccc21. The van der Waals surface area contributed by atoms with Gasteiger partial charge in [-0.25, -0.2) is 4.98 Å². The number of aromatic hydroxyl groups is 1. The van der Waals surface area contributed by atoms with Gasteiger partial charge in [-0.15, -0.1) is 0 Å². The summed E-state index contributed by atoms with van der Waals surface area (Å²) >= 11 is 6.07. The van der Waals surface area contributed by atoms with Gasteiger partial charge in [0, 0.05) is 38.2 Å². The van der Waals surface area contributed by atoms with Crippen LogP contribution in [0.1, 0.15) is 5.82 Å². The lowest BCUT2D eigenvalue weighted by molar-refractivity contribution is 0.241. The van der Waals surface area contributed by atoms with Crippen molar-refractivity contribution in [2.45, 2.75) is 6.54 Å². The number of benzene rings is 2. The number of rotatable bonds is 3. The number of phenolic OH excluding ortho intramolecular Hbond substituents is 1. The summed E-state index contributed by atoms with van der Waals surface area (Å²) in [6.07, 6.45) is 0. The highest BCUT2D eigenvalue weighted by molar-refractivity contribution is 6.31. The van der Waals surface area contributed by atoms with E-state index in [2.05, 4.69) is 21.4 Å². The summed E-state index contributed by atoms with van der Waals surface area (Å²) in [5, 5.41) is 10.7. The summed E-state index contributed by atoms with van der Waals surface area (Å²) in [5.41, 5.74) is 2.96. The quantitative estimate of drug-likeness (QED) is 0.782. The molecule has 0 saturated carbocycles. The van der Waals surface area contributed by atoms with E-state index in [9.17, 15) is 5.11 Å². The number of hydrogen-bond acceptors (Lipinski definition) is 4. The first-order valence-corrected chi connectivity index (χ1v) is 8.86. The molecule has 130 valence electrons. The molecular formula is C19H21ClN4O. The van der Waals surface area contributed by atoms with E-state index in [0.717, 1.165) is 55.3 Å². The highest BCUT2D eigenvalue weighted by Gasteiger charge is 2.20. The fourth-order valence-electron chi connectivity index (χ4n) is 3.44. The predicted octanol–water partition coefficient (Wildman–Crippen LogP) is 3.25. The molecule has 1 fully saturated rings. The lowest BCUT2D eigenvalue weighted by Crippen LogP contribution is -2.46. The minimum Gasteiger partial charge on any atom is -0.506 e. The van der Waals surface area contributed by atoms with Gasteiger partial charge in [0.2, 0.25) is 0 Å². The number of imidazole rings is 1. The van der Waals surface area contributed by atoms with E-state index in [1.807, 2.05) is 36.4 Å². The summed E-state index contributed by atoms with van der Waals surface area (Å²) in [7, 11) is 2.05. The zero-order valence-electron chi connectivity index (χ0n) is 14.2. The number of phenols is 1. The van der Waals surface area contributed by atoms with Gasteiger partial charge in [0.1, 0.15) is 11.6 Å². The maximum absolute atomic E-state index is 10.0. The molecular weight excluding hydrogens is 336 g/mol. The number of halogens is 1. The summed E-state index contributed by atoms with van der Waals surface area (Å²) in [5.74, 6) is 1.40. The molecule has 2 aromatic carbocycles. The Morgan fingerprint density at radius 3 is 2.60 bits per heavy atom. The first kappa shape index (κ1) is 16.2. The molecule has 5 nitrogen and oxygen atoms in total. The number of piperazine rings is 1. The predicted molar refractivity (Wildman–Crippen MR) is 101 cm³/mol. The topological polar surface area (TPSA) is 44.5 Å². The van der Waals surface area contributed by atoms with E-state index in [1.54, 1.807) is 6.07 Å². The van der Waals surface area contributed by atoms with Crippen LogP contribution in [0.15, 0.2) is 42.5 Å². The molecule has 1 aromatic heterocycles. The Morgan fingerprint density at radius 2 is 1.84 bits per heavy atom. The van der Waals surface area contributed by atoms with Crippen molar-refractivity contribution in [1.29, 1.82) is 0 Å². The van der Waals surface area contributed by atoms with E-state index >= 15 is 0 Å². The van der Waals surface area contributed by atoms with E-state index < -0.39 is 0 Å². The zero-order chi connectivity index (χ0) is 17.4. The molecule has 1 aliphatic heterocycles. The molecule has 1 saturated heterocycles. The minimum absolute atomic E-state index is 0.350. The normalized spacial score (nSPS) is 15.8. The van der Waals surface area contributed by atoms with Crippen molar-refractivity contribution in [2.75, 3.05) is 31.1 Å². The van der Waals surface area contributed by atoms with Crippen molar-refractivity contribution in [3.63, 3.8) is 0 Å². The highest BCUT2D eigenvalue weighted by atomic mass is 35.5. The largest absolute Gasteiger partial charge is 0.506 e. The van der Waals surface area contributed by atoms with Crippen LogP contribution in [0.25, 0.3) is 11.0 Å². The molecule has 1 aliphatic rings. The molecule has 0 atom stereocenters. The van der Waals surface area contributed by atoms with Gasteiger partial charge in [-0.2, -0.15) is 0 Å². The zero-order valence-corrected chi connectivity index (χ0v) is 14.9. The van der Waals surface area contributed by atoms with Gasteiger partial charge in [-0.3, -0.25) is 4.90 Å². The number of aryl methyl sites for hydroxylation is 1. The summed E-state index contributed by atoms with van der Waals surface area (Å²) in [4.78, 5) is 9.38. The van der Waals surface area contributed by atoms with Crippen molar-refractivity contribution in [1.82, 2.24) is 14.5 Å². The second-order valence-corrected chi connectivity index (χ2v) is 6.91. The number of fused-ring (bicyclic) bond motifs is 1. The van der Waals surface area contributed by atoms with E-state index in [4.69, 9.17) is 16.6 Å². The summed E-state index contributed by atoms with van der Waals surface area (Å²) in [6.45, 7) is 4.49. The number of aromatic nitrogens is 2. The van der Waals surface area contributed by atoms with Crippen LogP contribution in [0.5, 0.6) is 5.75 Å². The van der Waals surface area contributed by atoms with Crippen molar-refractivity contribution >= 4 is 28.3 Å². The molecule has 3 aromatic rings. The monoisotopic (exact) mass is 356 g/mol. The van der Waals surface area contributed by atoms with Crippen LogP contribution in [0.2, 0.25) is 5.02 Å². The molecule has 6 heteroatoms. The maximum atomic E-state index is 10.0. The van der Waals surface area contributed by atoms with Crippen LogP contribution in [0.3, 0.4) is 0 Å². The Hall–Kier alpha value is -2.24. The first-order chi connectivity index (χ1) is 12.1. The minimum atomic E-state index is 0.350. The number of para-hydroxylation sites is 2. The van der Waals surface area contributed by atoms with Gasteiger partial charge in [-0.1, -0.05) is 23.7 Å². The molecule has 0 radical (unpaired) electrons. The van der Waals surface area contributed by atoms with Gasteiger partial charge < -0.3 is 14.6 Å². The molecule has 0 aliphatic carbocycles. The smallest absolute Gasteiger partial charge is 0.138 e. The Labute approximate surface area is 152 Å². The second-order valence-electron chi connectivity index (χ2n) is 6.47. The molecule has 0 amide bonds. The van der Waals surface area contributed by atoms with Crippen molar-refractivity contribution < 1.29 is 5.11 Å². The number of anilines is 1. The lowest BCUT2D eigenvalue weighted by atomic mass is 10.2. The molecule has 4 rings (SSSR count). The molecule has 0 spiro atoms. The van der Waals surface area contributed by atoms with Crippen LogP contribution in [-0.2, 0) is 13.6 Å². The third-order valence-corrected chi connectivity index (χ3v) is 5.13. The van der Waals surface area contributed by atoms with E-state index in [1.165, 1.54) is 0 Å². The summed E-state index contributed by atoms with van der Waals surface area (Å²) in [6, 6.07) is 13.4. The van der Waals surface area contributed by atoms with Gasteiger partial charge in [-0.05, 0) is 30.3 Å². The van der Waals surface area contributed by atoms with Crippen molar-refractivity contribution in [2.24, 2.45) is 7.05 Å². The Morgan fingerprint density at radius 1 is 1.08 bits per heavy atom. The van der Waals surface area contributed by atoms with E-state index in [-0.39, 0.29) is 0 Å². The third kappa shape index (κ3) is 3.17. The lowest BCUT2D eigenvalue weighted by Gasteiger charge is -2.36. The van der Waals surface area contributed by atoms with Crippen LogP contribution in [0.4, 0.5) is 5.69 Å². The first-order valence-electron chi connectivity index (χ1n) is 8.48. The maximum Gasteiger partial charge on any atom is 0.138 e. The summed E-state index contributed by atoms with van der Waals surface area (Å²) < 4.78 is 2.14. The average Bonchev–Trinajstić information content (AvgIpc) is 2.91. The van der Waals surface area contributed by atoms with Crippen molar-refractivity contribution in [3.05, 3.63) is 53.3 Å². The average molecular weight is 357 g/mol. The van der Waals surface area contributed by atoms with Crippen molar-refractivity contribution in [3.8, 4) is 5.75 Å². The van der Waals surface area contributed by atoms with Crippen LogP contribution in [0, 0.1) is 0 Å². The molecule has 0 unspecified atom stereocenters. The van der Waals surface area contributed by atoms with Gasteiger partial charge in [0.15, 0.2) is 0 Å². The third-order valence-electron chi connectivity index (χ3n) is 4.90. The molecule has 2 heterocycles. The second kappa shape index (κ2) is 6.58.